The quantitative estimate of drug-likeness (QED) is 0.829. The van der Waals surface area contributed by atoms with Gasteiger partial charge in [0.15, 0.2) is 6.29 Å². The van der Waals surface area contributed by atoms with Crippen LogP contribution in [0.1, 0.15) is 58.3 Å². The van der Waals surface area contributed by atoms with Crippen LogP contribution in [-0.2, 0) is 14.2 Å². The van der Waals surface area contributed by atoms with Crippen molar-refractivity contribution in [2.45, 2.75) is 76.2 Å². The highest BCUT2D eigenvalue weighted by Gasteiger charge is 2.74. The Hall–Kier alpha value is -0.940. The lowest BCUT2D eigenvalue weighted by Gasteiger charge is -2.59. The molecule has 2 saturated carbocycles. The van der Waals surface area contributed by atoms with Crippen LogP contribution in [0.4, 0.5) is 0 Å². The summed E-state index contributed by atoms with van der Waals surface area (Å²) in [7, 11) is 0. The molecule has 2 unspecified atom stereocenters. The van der Waals surface area contributed by atoms with Gasteiger partial charge in [-0.15, -0.1) is 0 Å². The first kappa shape index (κ1) is 17.2. The van der Waals surface area contributed by atoms with E-state index in [1.54, 1.807) is 0 Å². The second-order valence-corrected chi connectivity index (χ2v) is 9.42. The first-order chi connectivity index (χ1) is 12.4. The van der Waals surface area contributed by atoms with Crippen LogP contribution in [-0.4, -0.2) is 35.1 Å². The Balaban J connectivity index is 1.60. The number of aliphatic hydroxyl groups is 1. The van der Waals surface area contributed by atoms with Gasteiger partial charge in [0.1, 0.15) is 5.60 Å². The van der Waals surface area contributed by atoms with Crippen molar-refractivity contribution >= 4 is 0 Å². The molecule has 4 bridgehead atoms. The molecule has 1 N–H and O–H groups in total. The molecular weight excluding hydrogens is 328 g/mol. The fraction of sp³-hybridized carbons (Fsp3) is 0.727. The summed E-state index contributed by atoms with van der Waals surface area (Å²) in [5, 5.41) is 10.7. The molecule has 26 heavy (non-hydrogen) atoms. The van der Waals surface area contributed by atoms with Crippen molar-refractivity contribution in [1.82, 2.24) is 0 Å². The highest BCUT2D eigenvalue weighted by atomic mass is 16.7. The smallest absolute Gasteiger partial charge is 0.184 e. The molecule has 2 saturated heterocycles. The minimum Gasteiger partial charge on any atom is -0.393 e. The number of rotatable bonds is 1. The van der Waals surface area contributed by atoms with Gasteiger partial charge in [0.05, 0.1) is 24.4 Å². The second kappa shape index (κ2) is 5.54. The molecule has 4 heteroatoms. The molecule has 4 nitrogen and oxygen atoms in total. The Morgan fingerprint density at radius 1 is 1.08 bits per heavy atom. The first-order valence-corrected chi connectivity index (χ1v) is 10.1. The summed E-state index contributed by atoms with van der Waals surface area (Å²) >= 11 is 0. The number of aliphatic hydroxyl groups excluding tert-OH is 1. The molecule has 0 radical (unpaired) electrons. The van der Waals surface area contributed by atoms with Gasteiger partial charge in [-0.1, -0.05) is 44.2 Å². The molecule has 8 atom stereocenters. The van der Waals surface area contributed by atoms with Crippen LogP contribution < -0.4 is 0 Å². The number of hydrogen-bond acceptors (Lipinski definition) is 4. The Kier molecular flexibility index (Phi) is 3.66. The molecule has 2 aliphatic carbocycles. The average Bonchev–Trinajstić information content (AvgIpc) is 2.72. The lowest BCUT2D eigenvalue weighted by Crippen LogP contribution is -2.66. The highest BCUT2D eigenvalue weighted by Crippen LogP contribution is 2.67. The monoisotopic (exact) mass is 358 g/mol. The van der Waals surface area contributed by atoms with E-state index >= 15 is 0 Å². The van der Waals surface area contributed by atoms with E-state index in [9.17, 15) is 5.11 Å². The van der Waals surface area contributed by atoms with Gasteiger partial charge in [0.2, 0.25) is 0 Å². The van der Waals surface area contributed by atoms with E-state index in [0.29, 0.717) is 12.5 Å². The van der Waals surface area contributed by atoms with E-state index in [1.165, 1.54) is 0 Å². The molecule has 1 aromatic carbocycles. The van der Waals surface area contributed by atoms with E-state index in [0.717, 1.165) is 31.2 Å². The lowest BCUT2D eigenvalue weighted by molar-refractivity contribution is -0.310. The fourth-order valence-corrected chi connectivity index (χ4v) is 6.49. The van der Waals surface area contributed by atoms with E-state index < -0.39 is 5.60 Å². The zero-order valence-electron chi connectivity index (χ0n) is 16.0. The molecule has 4 aliphatic rings. The number of ether oxygens (including phenoxy) is 3. The van der Waals surface area contributed by atoms with Crippen LogP contribution >= 0.6 is 0 Å². The van der Waals surface area contributed by atoms with Gasteiger partial charge in [0, 0.05) is 17.4 Å². The Bertz CT molecular complexity index is 693. The minimum absolute atomic E-state index is 0.0380. The summed E-state index contributed by atoms with van der Waals surface area (Å²) in [5.74, 6) is 0.377. The number of benzene rings is 1. The molecule has 0 aromatic heterocycles. The molecule has 0 amide bonds. The summed E-state index contributed by atoms with van der Waals surface area (Å²) in [6.07, 6.45) is 3.37. The zero-order valence-corrected chi connectivity index (χ0v) is 16.0. The summed E-state index contributed by atoms with van der Waals surface area (Å²) < 4.78 is 19.8. The Labute approximate surface area is 155 Å². The minimum atomic E-state index is -0.431. The molecule has 142 valence electrons. The van der Waals surface area contributed by atoms with Gasteiger partial charge in [0.25, 0.3) is 0 Å². The molecule has 2 heterocycles. The van der Waals surface area contributed by atoms with Crippen molar-refractivity contribution in [2.75, 3.05) is 6.61 Å². The topological polar surface area (TPSA) is 47.9 Å². The van der Waals surface area contributed by atoms with Crippen LogP contribution in [0.2, 0.25) is 0 Å². The predicted molar refractivity (Wildman–Crippen MR) is 97.5 cm³/mol. The van der Waals surface area contributed by atoms with Gasteiger partial charge in [-0.2, -0.15) is 0 Å². The van der Waals surface area contributed by atoms with Gasteiger partial charge < -0.3 is 19.3 Å². The largest absolute Gasteiger partial charge is 0.393 e. The molecule has 2 aliphatic heterocycles. The number of hydrogen-bond donors (Lipinski definition) is 1. The van der Waals surface area contributed by atoms with Crippen molar-refractivity contribution in [1.29, 1.82) is 0 Å². The normalized spacial score (nSPS) is 53.0. The van der Waals surface area contributed by atoms with E-state index in [2.05, 4.69) is 32.9 Å². The maximum atomic E-state index is 10.7. The maximum Gasteiger partial charge on any atom is 0.184 e. The van der Waals surface area contributed by atoms with E-state index in [-0.39, 0.29) is 35.4 Å². The predicted octanol–water partition coefficient (Wildman–Crippen LogP) is 3.84. The highest BCUT2D eigenvalue weighted by molar-refractivity contribution is 5.24. The van der Waals surface area contributed by atoms with Crippen LogP contribution in [0.25, 0.3) is 0 Å². The van der Waals surface area contributed by atoms with Gasteiger partial charge >= 0.3 is 0 Å². The molecular formula is C22H30O4. The van der Waals surface area contributed by atoms with Crippen molar-refractivity contribution in [2.24, 2.45) is 17.3 Å². The standard InChI is InChI=1S/C22H30O4/c1-14-17(23)10-12-20(2)11-9-16-18-22(14,20)26-21(16,3)13-24-19(25-18)15-7-5-4-6-8-15/h4-8,14,16-19,23H,9-13H2,1-3H3/t14-,16-,17+,18-,19?,20-,21?,22-/m0/s1. The van der Waals surface area contributed by atoms with Gasteiger partial charge in [-0.05, 0) is 38.0 Å². The van der Waals surface area contributed by atoms with E-state index in [4.69, 9.17) is 14.2 Å². The molecule has 4 fully saturated rings. The first-order valence-electron chi connectivity index (χ1n) is 10.1. The fourth-order valence-electron chi connectivity index (χ4n) is 6.49. The zero-order chi connectivity index (χ0) is 18.2. The van der Waals surface area contributed by atoms with Crippen LogP contribution in [0, 0.1) is 17.3 Å². The van der Waals surface area contributed by atoms with Gasteiger partial charge in [-0.3, -0.25) is 0 Å². The van der Waals surface area contributed by atoms with Gasteiger partial charge in [-0.25, -0.2) is 0 Å². The van der Waals surface area contributed by atoms with Crippen molar-refractivity contribution < 1.29 is 19.3 Å². The summed E-state index contributed by atoms with van der Waals surface area (Å²) in [6.45, 7) is 7.24. The molecule has 1 aromatic rings. The summed E-state index contributed by atoms with van der Waals surface area (Å²) in [4.78, 5) is 0. The summed E-state index contributed by atoms with van der Waals surface area (Å²) in [5.41, 5.74) is 0.323. The third kappa shape index (κ3) is 2.05. The van der Waals surface area contributed by atoms with Crippen LogP contribution in [0.3, 0.4) is 0 Å². The molecule has 1 spiro atoms. The van der Waals surface area contributed by atoms with Crippen molar-refractivity contribution in [3.8, 4) is 0 Å². The maximum absolute atomic E-state index is 10.7. The van der Waals surface area contributed by atoms with Crippen LogP contribution in [0.15, 0.2) is 30.3 Å². The van der Waals surface area contributed by atoms with Crippen LogP contribution in [0.5, 0.6) is 0 Å². The Morgan fingerprint density at radius 2 is 1.81 bits per heavy atom. The SMILES string of the molecule is C[C@H]1[C@H](O)CC[C@]2(C)CC[C@H]3[C@@H]4OC(c5ccccc5)OCC3(C)O[C@@]142. The third-order valence-corrected chi connectivity index (χ3v) is 8.03. The van der Waals surface area contributed by atoms with Crippen molar-refractivity contribution in [3.05, 3.63) is 35.9 Å². The molecule has 5 rings (SSSR count). The summed E-state index contributed by atoms with van der Waals surface area (Å²) in [6, 6.07) is 10.2. The third-order valence-electron chi connectivity index (χ3n) is 8.03. The average molecular weight is 358 g/mol. The van der Waals surface area contributed by atoms with E-state index in [1.807, 2.05) is 18.2 Å². The second-order valence-electron chi connectivity index (χ2n) is 9.42. The Morgan fingerprint density at radius 3 is 2.58 bits per heavy atom. The lowest BCUT2D eigenvalue weighted by atomic mass is 9.51. The van der Waals surface area contributed by atoms with Crippen molar-refractivity contribution in [3.63, 3.8) is 0 Å².